The van der Waals surface area contributed by atoms with Gasteiger partial charge in [-0.15, -0.1) is 24.6 Å². The predicted octanol–water partition coefficient (Wildman–Crippen LogP) is 2.62. The summed E-state index contributed by atoms with van der Waals surface area (Å²) >= 11 is 0. The monoisotopic (exact) mass is 196 g/mol. The van der Waals surface area contributed by atoms with Crippen LogP contribution >= 0.6 is 0 Å². The molecule has 1 rings (SSSR count). The molecule has 74 valence electrons. The quantitative estimate of drug-likeness (QED) is 0.330. The second-order valence-corrected chi connectivity index (χ2v) is 6.58. The number of ether oxygens (including phenoxy) is 1. The molecule has 0 amide bonds. The van der Waals surface area contributed by atoms with Crippen molar-refractivity contribution in [3.05, 3.63) is 24.6 Å². The highest BCUT2D eigenvalue weighted by Gasteiger charge is 2.20. The van der Waals surface area contributed by atoms with Gasteiger partial charge in [-0.25, -0.2) is 0 Å². The number of hydrogen-bond acceptors (Lipinski definition) is 1. The summed E-state index contributed by atoms with van der Waals surface area (Å²) in [4.78, 5) is 0. The fourth-order valence-corrected chi connectivity index (χ4v) is 2.92. The lowest BCUT2D eigenvalue weighted by Gasteiger charge is -2.03. The normalized spacial score (nSPS) is 20.2. The van der Waals surface area contributed by atoms with E-state index in [0.29, 0.717) is 6.10 Å². The van der Waals surface area contributed by atoms with Crippen molar-refractivity contribution in [3.63, 3.8) is 0 Å². The molecule has 0 N–H and O–H groups in total. The average Bonchev–Trinajstić information content (AvgIpc) is 2.95. The smallest absolute Gasteiger partial charge is 0.0838 e. The molecule has 2 heteroatoms. The maximum atomic E-state index is 5.15. The van der Waals surface area contributed by atoms with E-state index < -0.39 is 8.80 Å². The topological polar surface area (TPSA) is 12.5 Å². The van der Waals surface area contributed by atoms with Crippen molar-refractivity contribution in [3.8, 4) is 0 Å². The summed E-state index contributed by atoms with van der Waals surface area (Å²) in [5.74, 6) is 0. The number of hydrogen-bond donors (Lipinski definition) is 0. The molecule has 1 fully saturated rings. The van der Waals surface area contributed by atoms with Gasteiger partial charge in [-0.1, -0.05) is 25.3 Å². The third kappa shape index (κ3) is 5.06. The van der Waals surface area contributed by atoms with E-state index >= 15 is 0 Å². The van der Waals surface area contributed by atoms with Crippen molar-refractivity contribution in [2.24, 2.45) is 0 Å². The van der Waals surface area contributed by atoms with E-state index in [1.165, 1.54) is 31.7 Å². The van der Waals surface area contributed by atoms with E-state index in [1.807, 2.05) is 0 Å². The summed E-state index contributed by atoms with van der Waals surface area (Å²) in [6.07, 6.45) is 5.92. The van der Waals surface area contributed by atoms with Crippen LogP contribution in [0.4, 0.5) is 0 Å². The minimum Gasteiger partial charge on any atom is -0.373 e. The van der Waals surface area contributed by atoms with Crippen LogP contribution < -0.4 is 0 Å². The van der Waals surface area contributed by atoms with Gasteiger partial charge >= 0.3 is 0 Å². The molecular formula is C11H20OSi. The molecular weight excluding hydrogens is 176 g/mol. The van der Waals surface area contributed by atoms with E-state index in [-0.39, 0.29) is 0 Å². The molecule has 1 aliphatic rings. The standard InChI is InChI=1S/C11H20OSi/c1-3-13(4-2)9-7-5-6-8-11-10-12-11/h3-4,11,13H,1-2,5-10H2. The maximum absolute atomic E-state index is 5.15. The van der Waals surface area contributed by atoms with Crippen molar-refractivity contribution >= 4 is 8.80 Å². The third-order valence-electron chi connectivity index (χ3n) is 2.57. The van der Waals surface area contributed by atoms with Crippen LogP contribution in [0.25, 0.3) is 0 Å². The second-order valence-electron chi connectivity index (χ2n) is 3.73. The summed E-state index contributed by atoms with van der Waals surface area (Å²) in [6, 6.07) is 1.35. The van der Waals surface area contributed by atoms with E-state index in [0.717, 1.165) is 6.61 Å². The lowest BCUT2D eigenvalue weighted by atomic mass is 10.2. The third-order valence-corrected chi connectivity index (χ3v) is 4.86. The molecule has 1 nitrogen and oxygen atoms in total. The Balaban J connectivity index is 1.86. The summed E-state index contributed by atoms with van der Waals surface area (Å²) < 4.78 is 5.15. The average molecular weight is 196 g/mol. The Hall–Kier alpha value is -0.343. The Kier molecular flexibility index (Phi) is 5.09. The number of rotatable bonds is 8. The zero-order valence-electron chi connectivity index (χ0n) is 8.37. The van der Waals surface area contributed by atoms with Crippen LogP contribution in [0.5, 0.6) is 0 Å². The molecule has 0 aliphatic carbocycles. The highest BCUT2D eigenvalue weighted by molar-refractivity contribution is 6.69. The highest BCUT2D eigenvalue weighted by atomic mass is 28.3. The van der Waals surface area contributed by atoms with Gasteiger partial charge in [0.25, 0.3) is 0 Å². The molecule has 1 heterocycles. The Labute approximate surface area is 83.1 Å². The summed E-state index contributed by atoms with van der Waals surface area (Å²) in [5, 5.41) is 0. The van der Waals surface area contributed by atoms with Gasteiger partial charge in [0.2, 0.25) is 0 Å². The first-order valence-electron chi connectivity index (χ1n) is 5.23. The number of epoxide rings is 1. The van der Waals surface area contributed by atoms with Gasteiger partial charge in [0.1, 0.15) is 0 Å². The van der Waals surface area contributed by atoms with Gasteiger partial charge in [0.15, 0.2) is 0 Å². The van der Waals surface area contributed by atoms with Crippen LogP contribution in [0.2, 0.25) is 6.04 Å². The molecule has 0 spiro atoms. The Bertz CT molecular complexity index is 155. The Morgan fingerprint density at radius 3 is 2.46 bits per heavy atom. The van der Waals surface area contributed by atoms with E-state index in [1.54, 1.807) is 0 Å². The van der Waals surface area contributed by atoms with E-state index in [4.69, 9.17) is 4.74 Å². The minimum atomic E-state index is -0.747. The molecule has 0 bridgehead atoms. The van der Waals surface area contributed by atoms with Crippen molar-refractivity contribution in [2.75, 3.05) is 6.61 Å². The summed E-state index contributed by atoms with van der Waals surface area (Å²) in [5.41, 5.74) is 4.24. The van der Waals surface area contributed by atoms with Crippen molar-refractivity contribution in [1.29, 1.82) is 0 Å². The van der Waals surface area contributed by atoms with E-state index in [9.17, 15) is 0 Å². The zero-order chi connectivity index (χ0) is 9.52. The fraction of sp³-hybridized carbons (Fsp3) is 0.636. The largest absolute Gasteiger partial charge is 0.373 e. The first-order chi connectivity index (χ1) is 6.36. The first-order valence-corrected chi connectivity index (χ1v) is 7.38. The van der Waals surface area contributed by atoms with Crippen LogP contribution in [0.15, 0.2) is 24.6 Å². The lowest BCUT2D eigenvalue weighted by Crippen LogP contribution is -2.03. The molecule has 1 unspecified atom stereocenters. The summed E-state index contributed by atoms with van der Waals surface area (Å²) in [6.45, 7) is 8.69. The molecule has 0 radical (unpaired) electrons. The first kappa shape index (κ1) is 10.7. The fourth-order valence-electron chi connectivity index (χ4n) is 1.50. The SMILES string of the molecule is C=C[SiH](C=C)CCCCCC1CO1. The summed E-state index contributed by atoms with van der Waals surface area (Å²) in [7, 11) is -0.747. The zero-order valence-corrected chi connectivity index (χ0v) is 9.53. The van der Waals surface area contributed by atoms with Gasteiger partial charge in [0, 0.05) is 0 Å². The Morgan fingerprint density at radius 1 is 1.23 bits per heavy atom. The molecule has 13 heavy (non-hydrogen) atoms. The molecule has 1 saturated heterocycles. The van der Waals surface area contributed by atoms with Crippen molar-refractivity contribution < 1.29 is 4.74 Å². The molecule has 0 aromatic rings. The highest BCUT2D eigenvalue weighted by Crippen LogP contribution is 2.18. The maximum Gasteiger partial charge on any atom is 0.0838 e. The minimum absolute atomic E-state index is 0.617. The van der Waals surface area contributed by atoms with Gasteiger partial charge in [-0.05, 0) is 6.42 Å². The molecule has 0 saturated carbocycles. The lowest BCUT2D eigenvalue weighted by molar-refractivity contribution is 0.389. The van der Waals surface area contributed by atoms with Gasteiger partial charge in [0.05, 0.1) is 21.5 Å². The van der Waals surface area contributed by atoms with Crippen molar-refractivity contribution in [1.82, 2.24) is 0 Å². The van der Waals surface area contributed by atoms with Crippen LogP contribution in [0.3, 0.4) is 0 Å². The second kappa shape index (κ2) is 6.16. The van der Waals surface area contributed by atoms with Crippen molar-refractivity contribution in [2.45, 2.75) is 37.8 Å². The molecule has 0 aromatic heterocycles. The Morgan fingerprint density at radius 2 is 1.92 bits per heavy atom. The van der Waals surface area contributed by atoms with Crippen LogP contribution in [-0.4, -0.2) is 21.5 Å². The van der Waals surface area contributed by atoms with Crippen LogP contribution in [0, 0.1) is 0 Å². The van der Waals surface area contributed by atoms with Gasteiger partial charge in [-0.3, -0.25) is 0 Å². The number of unbranched alkanes of at least 4 members (excludes halogenated alkanes) is 2. The van der Waals surface area contributed by atoms with E-state index in [2.05, 4.69) is 24.6 Å². The van der Waals surface area contributed by atoms with Gasteiger partial charge in [-0.2, -0.15) is 0 Å². The predicted molar refractivity (Wildman–Crippen MR) is 60.6 cm³/mol. The molecule has 1 aliphatic heterocycles. The van der Waals surface area contributed by atoms with Crippen LogP contribution in [0.1, 0.15) is 25.7 Å². The van der Waals surface area contributed by atoms with Gasteiger partial charge < -0.3 is 4.74 Å². The molecule has 0 aromatic carbocycles. The molecule has 1 atom stereocenters. The van der Waals surface area contributed by atoms with Crippen LogP contribution in [-0.2, 0) is 4.74 Å².